The quantitative estimate of drug-likeness (QED) is 0.740. The van der Waals surface area contributed by atoms with E-state index in [9.17, 15) is 4.79 Å². The summed E-state index contributed by atoms with van der Waals surface area (Å²) in [5, 5.41) is 7.54. The van der Waals surface area contributed by atoms with E-state index in [2.05, 4.69) is 24.3 Å². The van der Waals surface area contributed by atoms with Gasteiger partial charge in [-0.05, 0) is 19.9 Å². The summed E-state index contributed by atoms with van der Waals surface area (Å²) in [5.41, 5.74) is 0.531. The summed E-state index contributed by atoms with van der Waals surface area (Å²) >= 11 is 0. The first kappa shape index (κ1) is 11.1. The molecule has 5 heteroatoms. The Labute approximate surface area is 95.4 Å². The third kappa shape index (κ3) is 2.24. The monoisotopic (exact) mass is 222 g/mol. The van der Waals surface area contributed by atoms with Gasteiger partial charge in [-0.2, -0.15) is 5.10 Å². The Morgan fingerprint density at radius 3 is 2.56 bits per heavy atom. The second-order valence-corrected chi connectivity index (χ2v) is 4.55. The van der Waals surface area contributed by atoms with Crippen LogP contribution in [0, 0.1) is 0 Å². The van der Waals surface area contributed by atoms with Crippen molar-refractivity contribution in [3.63, 3.8) is 0 Å². The van der Waals surface area contributed by atoms with Crippen molar-refractivity contribution in [2.75, 3.05) is 13.1 Å². The number of hydrogen-bond donors (Lipinski definition) is 1. The fraction of sp³-hybridized carbons (Fsp3) is 0.636. The molecule has 1 aromatic heterocycles. The van der Waals surface area contributed by atoms with Gasteiger partial charge in [0.15, 0.2) is 0 Å². The summed E-state index contributed by atoms with van der Waals surface area (Å²) in [5.74, 6) is 0.0285. The molecule has 0 radical (unpaired) electrons. The van der Waals surface area contributed by atoms with Crippen LogP contribution < -0.4 is 5.32 Å². The summed E-state index contributed by atoms with van der Waals surface area (Å²) < 4.78 is 1.66. The van der Waals surface area contributed by atoms with Gasteiger partial charge in [-0.25, -0.2) is 0 Å². The highest BCUT2D eigenvalue weighted by Gasteiger charge is 2.26. The van der Waals surface area contributed by atoms with Crippen LogP contribution in [0.4, 0.5) is 0 Å². The lowest BCUT2D eigenvalue weighted by Gasteiger charge is -2.35. The lowest BCUT2D eigenvalue weighted by molar-refractivity contribution is 0.0667. The number of rotatable bonds is 1. The number of amides is 1. The summed E-state index contributed by atoms with van der Waals surface area (Å²) in [7, 11) is 1.82. The number of aromatic nitrogens is 2. The second-order valence-electron chi connectivity index (χ2n) is 4.55. The molecule has 88 valence electrons. The molecule has 1 aliphatic rings. The van der Waals surface area contributed by atoms with Crippen molar-refractivity contribution < 1.29 is 4.79 Å². The summed E-state index contributed by atoms with van der Waals surface area (Å²) in [4.78, 5) is 14.0. The van der Waals surface area contributed by atoms with E-state index in [1.165, 1.54) is 0 Å². The largest absolute Gasteiger partial charge is 0.334 e. The van der Waals surface area contributed by atoms with E-state index in [1.54, 1.807) is 16.9 Å². The third-order valence-electron chi connectivity index (χ3n) is 2.78. The minimum absolute atomic E-state index is 0.0285. The number of carbonyl (C=O) groups excluding carboxylic acids is 1. The maximum atomic E-state index is 12.1. The highest BCUT2D eigenvalue weighted by Crippen LogP contribution is 2.08. The van der Waals surface area contributed by atoms with Crippen molar-refractivity contribution >= 4 is 5.91 Å². The van der Waals surface area contributed by atoms with E-state index in [4.69, 9.17) is 0 Å². The zero-order valence-electron chi connectivity index (χ0n) is 9.97. The Balaban J connectivity index is 2.09. The van der Waals surface area contributed by atoms with E-state index in [1.807, 2.05) is 11.9 Å². The van der Waals surface area contributed by atoms with Crippen LogP contribution in [-0.2, 0) is 7.05 Å². The Morgan fingerprint density at radius 2 is 2.06 bits per heavy atom. The van der Waals surface area contributed by atoms with Crippen LogP contribution in [0.5, 0.6) is 0 Å². The number of nitrogens with zero attached hydrogens (tertiary/aromatic N) is 3. The number of carbonyl (C=O) groups is 1. The normalized spacial score (nSPS) is 25.8. The Kier molecular flexibility index (Phi) is 2.96. The molecule has 0 spiro atoms. The molecule has 0 aliphatic carbocycles. The lowest BCUT2D eigenvalue weighted by Crippen LogP contribution is -2.55. The summed E-state index contributed by atoms with van der Waals surface area (Å²) in [6.45, 7) is 5.68. The maximum Gasteiger partial charge on any atom is 0.274 e. The van der Waals surface area contributed by atoms with Gasteiger partial charge in [-0.1, -0.05) is 0 Å². The zero-order valence-corrected chi connectivity index (χ0v) is 9.97. The van der Waals surface area contributed by atoms with Gasteiger partial charge in [0.1, 0.15) is 5.69 Å². The molecule has 16 heavy (non-hydrogen) atoms. The first-order valence-corrected chi connectivity index (χ1v) is 5.61. The molecule has 2 rings (SSSR count). The molecule has 1 saturated heterocycles. The van der Waals surface area contributed by atoms with Crippen LogP contribution in [0.1, 0.15) is 24.3 Å². The molecule has 1 N–H and O–H groups in total. The lowest BCUT2D eigenvalue weighted by atomic mass is 10.1. The minimum atomic E-state index is 0.0285. The predicted molar refractivity (Wildman–Crippen MR) is 61.2 cm³/mol. The van der Waals surface area contributed by atoms with Gasteiger partial charge in [-0.15, -0.1) is 0 Å². The van der Waals surface area contributed by atoms with Crippen LogP contribution in [0.2, 0.25) is 0 Å². The second kappa shape index (κ2) is 4.25. The van der Waals surface area contributed by atoms with Crippen molar-refractivity contribution in [2.24, 2.45) is 7.05 Å². The number of nitrogens with one attached hydrogen (secondary N) is 1. The number of aryl methyl sites for hydroxylation is 1. The van der Waals surface area contributed by atoms with E-state index in [-0.39, 0.29) is 5.91 Å². The van der Waals surface area contributed by atoms with Crippen molar-refractivity contribution in [1.82, 2.24) is 20.0 Å². The zero-order chi connectivity index (χ0) is 11.7. The Hall–Kier alpha value is -1.36. The van der Waals surface area contributed by atoms with E-state index in [0.717, 1.165) is 13.1 Å². The first-order valence-electron chi connectivity index (χ1n) is 5.61. The number of piperazine rings is 1. The molecule has 0 saturated carbocycles. The minimum Gasteiger partial charge on any atom is -0.334 e. The van der Waals surface area contributed by atoms with E-state index in [0.29, 0.717) is 17.8 Å². The SMILES string of the molecule is CC1CN(C(=O)c2ccn(C)n2)CC(C)N1. The van der Waals surface area contributed by atoms with Crippen LogP contribution >= 0.6 is 0 Å². The van der Waals surface area contributed by atoms with Crippen molar-refractivity contribution in [3.05, 3.63) is 18.0 Å². The van der Waals surface area contributed by atoms with Crippen LogP contribution in [-0.4, -0.2) is 45.8 Å². The molecule has 2 atom stereocenters. The molecule has 5 nitrogen and oxygen atoms in total. The van der Waals surface area contributed by atoms with E-state index < -0.39 is 0 Å². The fourth-order valence-electron chi connectivity index (χ4n) is 2.18. The maximum absolute atomic E-state index is 12.1. The van der Waals surface area contributed by atoms with Gasteiger partial charge >= 0.3 is 0 Å². The first-order chi connectivity index (χ1) is 7.56. The van der Waals surface area contributed by atoms with E-state index >= 15 is 0 Å². The molecule has 1 aliphatic heterocycles. The molecule has 0 bridgehead atoms. The third-order valence-corrected chi connectivity index (χ3v) is 2.78. The molecular weight excluding hydrogens is 204 g/mol. The molecule has 1 amide bonds. The van der Waals surface area contributed by atoms with Crippen LogP contribution in [0.15, 0.2) is 12.3 Å². The highest BCUT2D eigenvalue weighted by atomic mass is 16.2. The fourth-order valence-corrected chi connectivity index (χ4v) is 2.18. The average molecular weight is 222 g/mol. The predicted octanol–water partition coefficient (Wildman–Crippen LogP) is 0.242. The highest BCUT2D eigenvalue weighted by molar-refractivity contribution is 5.92. The molecule has 2 heterocycles. The topological polar surface area (TPSA) is 50.2 Å². The molecule has 1 aromatic rings. The van der Waals surface area contributed by atoms with Crippen molar-refractivity contribution in [2.45, 2.75) is 25.9 Å². The summed E-state index contributed by atoms with van der Waals surface area (Å²) in [6, 6.07) is 2.45. The standard InChI is InChI=1S/C11H18N4O/c1-8-6-15(7-9(2)12-8)11(16)10-4-5-14(3)13-10/h4-5,8-9,12H,6-7H2,1-3H3. The van der Waals surface area contributed by atoms with Gasteiger partial charge in [0, 0.05) is 38.4 Å². The molecule has 2 unspecified atom stereocenters. The van der Waals surface area contributed by atoms with Gasteiger partial charge in [0.05, 0.1) is 0 Å². The van der Waals surface area contributed by atoms with Crippen molar-refractivity contribution in [1.29, 1.82) is 0 Å². The van der Waals surface area contributed by atoms with Gasteiger partial charge in [0.25, 0.3) is 5.91 Å². The van der Waals surface area contributed by atoms with Gasteiger partial charge < -0.3 is 10.2 Å². The van der Waals surface area contributed by atoms with Crippen LogP contribution in [0.25, 0.3) is 0 Å². The Morgan fingerprint density at radius 1 is 1.44 bits per heavy atom. The van der Waals surface area contributed by atoms with Gasteiger partial charge in [0.2, 0.25) is 0 Å². The number of hydrogen-bond acceptors (Lipinski definition) is 3. The Bertz CT molecular complexity index is 377. The smallest absolute Gasteiger partial charge is 0.274 e. The summed E-state index contributed by atoms with van der Waals surface area (Å²) in [6.07, 6.45) is 1.79. The molecular formula is C11H18N4O. The van der Waals surface area contributed by atoms with Crippen molar-refractivity contribution in [3.8, 4) is 0 Å². The van der Waals surface area contributed by atoms with Gasteiger partial charge in [-0.3, -0.25) is 9.48 Å². The average Bonchev–Trinajstić information content (AvgIpc) is 2.62. The van der Waals surface area contributed by atoms with Crippen LogP contribution in [0.3, 0.4) is 0 Å². The molecule has 0 aromatic carbocycles. The molecule has 1 fully saturated rings.